The molecule has 1 aromatic heterocycles. The first-order chi connectivity index (χ1) is 18.6. The van der Waals surface area contributed by atoms with Gasteiger partial charge in [-0.25, -0.2) is 9.69 Å². The van der Waals surface area contributed by atoms with Crippen molar-refractivity contribution < 1.29 is 14.3 Å². The van der Waals surface area contributed by atoms with Crippen LogP contribution >= 0.6 is 23.4 Å². The van der Waals surface area contributed by atoms with Gasteiger partial charge >= 0.3 is 6.03 Å². The van der Waals surface area contributed by atoms with Crippen LogP contribution in [-0.4, -0.2) is 78.5 Å². The number of nitrogens with one attached hydrogen (secondary N) is 1. The number of amides is 3. The zero-order chi connectivity index (χ0) is 25.8. The van der Waals surface area contributed by atoms with Gasteiger partial charge in [0, 0.05) is 64.3 Å². The van der Waals surface area contributed by atoms with Gasteiger partial charge < -0.3 is 15.0 Å². The number of carbonyl (C=O) groups excluding carboxylic acids is 2. The molecule has 0 aliphatic carbocycles. The molecule has 4 aliphatic heterocycles. The average molecular weight is 548 g/mol. The zero-order valence-corrected chi connectivity index (χ0v) is 22.1. The Morgan fingerprint density at radius 2 is 1.84 bits per heavy atom. The van der Waals surface area contributed by atoms with Crippen LogP contribution in [0.4, 0.5) is 16.2 Å². The van der Waals surface area contributed by atoms with Crippen molar-refractivity contribution >= 4 is 62.4 Å². The van der Waals surface area contributed by atoms with E-state index in [4.69, 9.17) is 16.3 Å². The van der Waals surface area contributed by atoms with E-state index in [1.165, 1.54) is 16.7 Å². The highest BCUT2D eigenvalue weighted by molar-refractivity contribution is 8.09. The minimum atomic E-state index is -0.471. The van der Waals surface area contributed by atoms with Crippen molar-refractivity contribution in [2.45, 2.75) is 17.3 Å². The third-order valence-electron chi connectivity index (χ3n) is 7.79. The Balaban J connectivity index is 1.16. The van der Waals surface area contributed by atoms with Crippen LogP contribution < -0.4 is 15.1 Å². The molecule has 0 saturated carbocycles. The number of fused-ring (bicyclic) bond motifs is 2. The number of hydrogen-bond donors (Lipinski definition) is 1. The van der Waals surface area contributed by atoms with E-state index in [9.17, 15) is 9.59 Å². The first-order valence-electron chi connectivity index (χ1n) is 12.8. The summed E-state index contributed by atoms with van der Waals surface area (Å²) in [5.74, 6) is -0.252. The van der Waals surface area contributed by atoms with Gasteiger partial charge in [-0.15, -0.1) is 11.8 Å². The molecule has 38 heavy (non-hydrogen) atoms. The third-order valence-corrected chi connectivity index (χ3v) is 9.48. The number of benzene rings is 2. The maximum Gasteiger partial charge on any atom is 0.329 e. The number of imide groups is 1. The molecule has 2 aromatic carbocycles. The molecule has 3 aromatic rings. The third kappa shape index (κ3) is 4.05. The molecule has 8 nitrogen and oxygen atoms in total. The number of rotatable bonds is 4. The highest BCUT2D eigenvalue weighted by Gasteiger charge is 2.46. The maximum atomic E-state index is 13.8. The normalized spacial score (nSPS) is 24.3. The molecule has 1 N–H and O–H groups in total. The number of carbonyl (C=O) groups is 2. The summed E-state index contributed by atoms with van der Waals surface area (Å²) in [5, 5.41) is 4.88. The van der Waals surface area contributed by atoms with Crippen LogP contribution in [0.3, 0.4) is 0 Å². The number of aromatic nitrogens is 1. The van der Waals surface area contributed by atoms with Gasteiger partial charge in [0.05, 0.1) is 37.2 Å². The summed E-state index contributed by atoms with van der Waals surface area (Å²) in [5.41, 5.74) is 2.45. The van der Waals surface area contributed by atoms with Gasteiger partial charge in [-0.05, 0) is 24.3 Å². The molecule has 194 valence electrons. The molecule has 3 amide bonds. The summed E-state index contributed by atoms with van der Waals surface area (Å²) < 4.78 is 5.36. The van der Waals surface area contributed by atoms with E-state index in [0.717, 1.165) is 66.3 Å². The fraction of sp³-hybridized carbons (Fsp3) is 0.321. The van der Waals surface area contributed by atoms with Crippen LogP contribution in [0.2, 0.25) is 5.02 Å². The molecule has 4 aliphatic rings. The van der Waals surface area contributed by atoms with Gasteiger partial charge in [0.15, 0.2) is 0 Å². The summed E-state index contributed by atoms with van der Waals surface area (Å²) in [6.07, 6.45) is 5.31. The number of pyridine rings is 1. The second-order valence-electron chi connectivity index (χ2n) is 9.98. The van der Waals surface area contributed by atoms with Crippen LogP contribution in [0, 0.1) is 0 Å². The highest BCUT2D eigenvalue weighted by atomic mass is 35.5. The fourth-order valence-corrected chi connectivity index (χ4v) is 7.19. The lowest BCUT2D eigenvalue weighted by atomic mass is 10.1. The van der Waals surface area contributed by atoms with E-state index < -0.39 is 17.3 Å². The minimum absolute atomic E-state index is 0.252. The molecular formula is C28H26ClN5O3S. The number of anilines is 2. The van der Waals surface area contributed by atoms with E-state index in [0.29, 0.717) is 16.8 Å². The lowest BCUT2D eigenvalue weighted by Gasteiger charge is -2.43. The van der Waals surface area contributed by atoms with Gasteiger partial charge in [0.25, 0.3) is 5.91 Å². The zero-order valence-electron chi connectivity index (χ0n) is 20.5. The van der Waals surface area contributed by atoms with Crippen molar-refractivity contribution in [3.05, 3.63) is 71.5 Å². The van der Waals surface area contributed by atoms with Gasteiger partial charge in [-0.1, -0.05) is 35.9 Å². The monoisotopic (exact) mass is 547 g/mol. The van der Waals surface area contributed by atoms with Crippen molar-refractivity contribution in [2.75, 3.05) is 49.2 Å². The van der Waals surface area contributed by atoms with Crippen molar-refractivity contribution in [1.82, 2.24) is 15.2 Å². The predicted octanol–water partition coefficient (Wildman–Crippen LogP) is 3.99. The second kappa shape index (κ2) is 9.57. The summed E-state index contributed by atoms with van der Waals surface area (Å²) in [4.78, 5) is 38.4. The van der Waals surface area contributed by atoms with E-state index in [1.807, 2.05) is 36.4 Å². The van der Waals surface area contributed by atoms with Crippen molar-refractivity contribution in [3.63, 3.8) is 0 Å². The Morgan fingerprint density at radius 3 is 2.61 bits per heavy atom. The molecule has 2 atom stereocenters. The predicted molar refractivity (Wildman–Crippen MR) is 151 cm³/mol. The quantitative estimate of drug-likeness (QED) is 0.529. The van der Waals surface area contributed by atoms with Crippen LogP contribution in [0.15, 0.2) is 60.9 Å². The molecule has 7 rings (SSSR count). The largest absolute Gasteiger partial charge is 0.378 e. The van der Waals surface area contributed by atoms with Crippen LogP contribution in [0.25, 0.3) is 15.7 Å². The van der Waals surface area contributed by atoms with Crippen molar-refractivity contribution in [2.24, 2.45) is 0 Å². The number of halogens is 1. The topological polar surface area (TPSA) is 78.0 Å². The molecular weight excluding hydrogens is 522 g/mol. The minimum Gasteiger partial charge on any atom is -0.378 e. The van der Waals surface area contributed by atoms with E-state index in [1.54, 1.807) is 12.4 Å². The van der Waals surface area contributed by atoms with E-state index >= 15 is 0 Å². The lowest BCUT2D eigenvalue weighted by molar-refractivity contribution is -0.118. The van der Waals surface area contributed by atoms with Crippen LogP contribution in [0.1, 0.15) is 5.56 Å². The van der Waals surface area contributed by atoms with Crippen LogP contribution in [0.5, 0.6) is 0 Å². The molecule has 3 fully saturated rings. The Labute approximate surface area is 229 Å². The van der Waals surface area contributed by atoms with Crippen LogP contribution in [-0.2, 0) is 9.53 Å². The molecule has 0 spiro atoms. The molecule has 0 radical (unpaired) electrons. The lowest BCUT2D eigenvalue weighted by Crippen LogP contribution is -2.60. The second-order valence-corrected chi connectivity index (χ2v) is 11.6. The summed E-state index contributed by atoms with van der Waals surface area (Å²) in [6.45, 7) is 5.47. The molecule has 5 heterocycles. The SMILES string of the molecule is O=C1NC2C=C(c3ccccc3Cl)SC2C(=O)N1c1cncc2ccc(N3CCN(C4COC4)CC3)cc12. The number of nitrogens with zero attached hydrogens (tertiary/aromatic N) is 4. The van der Waals surface area contributed by atoms with Gasteiger partial charge in [0.2, 0.25) is 0 Å². The van der Waals surface area contributed by atoms with Crippen molar-refractivity contribution in [1.29, 1.82) is 0 Å². The summed E-state index contributed by atoms with van der Waals surface area (Å²) in [6, 6.07) is 13.4. The first-order valence-corrected chi connectivity index (χ1v) is 14.0. The van der Waals surface area contributed by atoms with Crippen molar-refractivity contribution in [3.8, 4) is 0 Å². The smallest absolute Gasteiger partial charge is 0.329 e. The Hall–Kier alpha value is -3.11. The maximum absolute atomic E-state index is 13.8. The van der Waals surface area contributed by atoms with Gasteiger partial charge in [-0.2, -0.15) is 0 Å². The summed E-state index contributed by atoms with van der Waals surface area (Å²) in [7, 11) is 0. The average Bonchev–Trinajstić information content (AvgIpc) is 3.32. The fourth-order valence-electron chi connectivity index (χ4n) is 5.59. The Kier molecular flexibility index (Phi) is 6.04. The Bertz CT molecular complexity index is 1470. The molecule has 10 heteroatoms. The van der Waals surface area contributed by atoms with Gasteiger partial charge in [-0.3, -0.25) is 14.7 Å². The molecule has 2 unspecified atom stereocenters. The number of thioether (sulfide) groups is 1. The van der Waals surface area contributed by atoms with Gasteiger partial charge in [0.1, 0.15) is 5.25 Å². The Morgan fingerprint density at radius 1 is 1.03 bits per heavy atom. The van der Waals surface area contributed by atoms with E-state index in [-0.39, 0.29) is 5.91 Å². The summed E-state index contributed by atoms with van der Waals surface area (Å²) >= 11 is 7.85. The first kappa shape index (κ1) is 24.0. The standard InChI is InChI=1S/C28H26ClN5O3S/c29-22-4-2-1-3-20(22)25-12-23-26(38-25)27(35)34(28(36)31-23)24-14-30-13-17-5-6-18(11-21(17)24)32-7-9-33(10-8-32)19-15-37-16-19/h1-6,11-14,19,23,26H,7-10,15-16H2,(H,31,36). The number of piperazine rings is 1. The number of ether oxygens (including phenoxy) is 1. The molecule has 3 saturated heterocycles. The number of hydrogen-bond acceptors (Lipinski definition) is 7. The number of urea groups is 1. The molecule has 0 bridgehead atoms. The van der Waals surface area contributed by atoms with E-state index in [2.05, 4.69) is 32.2 Å². The highest BCUT2D eigenvalue weighted by Crippen LogP contribution is 2.44.